The van der Waals surface area contributed by atoms with Crippen LogP contribution in [0.15, 0.2) is 59.9 Å². The molecule has 0 amide bonds. The highest BCUT2D eigenvalue weighted by Crippen LogP contribution is 2.34. The maximum atomic E-state index is 12.8. The fourth-order valence-electron chi connectivity index (χ4n) is 2.76. The van der Waals surface area contributed by atoms with Crippen LogP contribution in [0, 0.1) is 0 Å². The molecule has 0 fully saturated rings. The molecule has 0 saturated heterocycles. The van der Waals surface area contributed by atoms with Crippen LogP contribution in [0.4, 0.5) is 0 Å². The molecule has 0 aliphatic carbocycles. The molecular weight excluding hydrogens is 336 g/mol. The average Bonchev–Trinajstić information content (AvgIpc) is 3.33. The number of benzene rings is 1. The molecule has 0 spiro atoms. The summed E-state index contributed by atoms with van der Waals surface area (Å²) in [7, 11) is 1.65. The highest BCUT2D eigenvalue weighted by atomic mass is 32.1. The van der Waals surface area contributed by atoms with Gasteiger partial charge in [-0.2, -0.15) is 5.10 Å². The van der Waals surface area contributed by atoms with Crippen LogP contribution < -0.4 is 10.3 Å². The Bertz CT molecular complexity index is 1070. The zero-order chi connectivity index (χ0) is 17.2. The second-order valence-corrected chi connectivity index (χ2v) is 6.59. The van der Waals surface area contributed by atoms with Crippen LogP contribution in [-0.4, -0.2) is 26.4 Å². The van der Waals surface area contributed by atoms with Gasteiger partial charge in [0.25, 0.3) is 5.56 Å². The molecule has 0 unspecified atom stereocenters. The number of methoxy groups -OCH3 is 1. The second kappa shape index (κ2) is 6.52. The third-order valence-electron chi connectivity index (χ3n) is 4.01. The highest BCUT2D eigenvalue weighted by molar-refractivity contribution is 7.17. The standard InChI is InChI=1S/C18H16N4O2S/c1-24-16-7-6-15(25-16)17-13-4-2-3-5-14(13)18(23)22(20-17)11-10-21-9-8-19-12-21/h2-9,12H,10-11H2,1H3. The Morgan fingerprint density at radius 3 is 2.68 bits per heavy atom. The second-order valence-electron chi connectivity index (χ2n) is 5.55. The van der Waals surface area contributed by atoms with E-state index < -0.39 is 0 Å². The minimum Gasteiger partial charge on any atom is -0.487 e. The number of fused-ring (bicyclic) bond motifs is 1. The molecule has 4 rings (SSSR count). The summed E-state index contributed by atoms with van der Waals surface area (Å²) in [6, 6.07) is 11.5. The molecule has 3 heterocycles. The fraction of sp³-hybridized carbons (Fsp3) is 0.167. The lowest BCUT2D eigenvalue weighted by atomic mass is 10.1. The SMILES string of the molecule is COc1ccc(-c2nn(CCn3ccnc3)c(=O)c3ccccc23)s1. The van der Waals surface area contributed by atoms with E-state index in [1.54, 1.807) is 19.6 Å². The van der Waals surface area contributed by atoms with Gasteiger partial charge in [0.15, 0.2) is 5.06 Å². The minimum absolute atomic E-state index is 0.0806. The number of aryl methyl sites for hydroxylation is 2. The van der Waals surface area contributed by atoms with E-state index in [-0.39, 0.29) is 5.56 Å². The van der Waals surface area contributed by atoms with Crippen LogP contribution in [-0.2, 0) is 13.1 Å². The molecule has 0 aliphatic rings. The van der Waals surface area contributed by atoms with Crippen molar-refractivity contribution in [3.63, 3.8) is 0 Å². The fourth-order valence-corrected chi connectivity index (χ4v) is 3.57. The first-order chi connectivity index (χ1) is 12.3. The first kappa shape index (κ1) is 15.6. The predicted octanol–water partition coefficient (Wildman–Crippen LogP) is 3.03. The molecule has 0 saturated carbocycles. The maximum absolute atomic E-state index is 12.8. The van der Waals surface area contributed by atoms with Gasteiger partial charge in [0.1, 0.15) is 5.69 Å². The minimum atomic E-state index is -0.0806. The van der Waals surface area contributed by atoms with Crippen LogP contribution in [0.2, 0.25) is 0 Å². The zero-order valence-corrected chi connectivity index (χ0v) is 14.4. The Morgan fingerprint density at radius 2 is 1.96 bits per heavy atom. The molecule has 126 valence electrons. The summed E-state index contributed by atoms with van der Waals surface area (Å²) in [5.41, 5.74) is 0.720. The lowest BCUT2D eigenvalue weighted by molar-refractivity contribution is 0.427. The number of nitrogens with zero attached hydrogens (tertiary/aromatic N) is 4. The Kier molecular flexibility index (Phi) is 4.07. The van der Waals surface area contributed by atoms with Gasteiger partial charge >= 0.3 is 0 Å². The topological polar surface area (TPSA) is 61.9 Å². The summed E-state index contributed by atoms with van der Waals surface area (Å²) in [5.74, 6) is 0. The Morgan fingerprint density at radius 1 is 1.12 bits per heavy atom. The first-order valence-corrected chi connectivity index (χ1v) is 8.68. The van der Waals surface area contributed by atoms with Crippen LogP contribution in [0.3, 0.4) is 0 Å². The van der Waals surface area contributed by atoms with E-state index >= 15 is 0 Å². The van der Waals surface area contributed by atoms with Crippen LogP contribution in [0.5, 0.6) is 5.06 Å². The maximum Gasteiger partial charge on any atom is 0.274 e. The Labute approximate surface area is 147 Å². The Hall–Kier alpha value is -2.93. The Balaban J connectivity index is 1.83. The first-order valence-electron chi connectivity index (χ1n) is 7.86. The molecule has 0 aliphatic heterocycles. The van der Waals surface area contributed by atoms with Crippen molar-refractivity contribution in [1.82, 2.24) is 19.3 Å². The number of hydrogen-bond acceptors (Lipinski definition) is 5. The predicted molar refractivity (Wildman–Crippen MR) is 98.1 cm³/mol. The summed E-state index contributed by atoms with van der Waals surface area (Å²) < 4.78 is 8.75. The number of imidazole rings is 1. The zero-order valence-electron chi connectivity index (χ0n) is 13.6. The quantitative estimate of drug-likeness (QED) is 0.554. The van der Waals surface area contributed by atoms with Crippen molar-refractivity contribution in [2.45, 2.75) is 13.1 Å². The van der Waals surface area contributed by atoms with Crippen LogP contribution in [0.1, 0.15) is 0 Å². The van der Waals surface area contributed by atoms with Crippen molar-refractivity contribution in [2.75, 3.05) is 7.11 Å². The number of hydrogen-bond donors (Lipinski definition) is 0. The van der Waals surface area contributed by atoms with Gasteiger partial charge in [-0.25, -0.2) is 9.67 Å². The van der Waals surface area contributed by atoms with E-state index in [9.17, 15) is 4.79 Å². The molecule has 0 N–H and O–H groups in total. The van der Waals surface area contributed by atoms with Gasteiger partial charge in [0.2, 0.25) is 0 Å². The molecule has 7 heteroatoms. The van der Waals surface area contributed by atoms with Gasteiger partial charge in [0, 0.05) is 24.3 Å². The highest BCUT2D eigenvalue weighted by Gasteiger charge is 2.14. The average molecular weight is 352 g/mol. The van der Waals surface area contributed by atoms with Gasteiger partial charge in [-0.3, -0.25) is 4.79 Å². The molecule has 0 atom stereocenters. The van der Waals surface area contributed by atoms with Crippen molar-refractivity contribution < 1.29 is 4.74 Å². The number of rotatable bonds is 5. The molecule has 25 heavy (non-hydrogen) atoms. The van der Waals surface area contributed by atoms with Crippen molar-refractivity contribution in [3.8, 4) is 15.6 Å². The van der Waals surface area contributed by atoms with Crippen molar-refractivity contribution in [2.24, 2.45) is 0 Å². The monoisotopic (exact) mass is 352 g/mol. The lowest BCUT2D eigenvalue weighted by Gasteiger charge is -2.10. The molecule has 0 radical (unpaired) electrons. The van der Waals surface area contributed by atoms with Gasteiger partial charge in [-0.1, -0.05) is 29.5 Å². The van der Waals surface area contributed by atoms with Gasteiger partial charge in [-0.05, 0) is 18.2 Å². The third kappa shape index (κ3) is 2.94. The lowest BCUT2D eigenvalue weighted by Crippen LogP contribution is -2.25. The van der Waals surface area contributed by atoms with E-state index in [1.807, 2.05) is 47.2 Å². The van der Waals surface area contributed by atoms with E-state index in [4.69, 9.17) is 4.74 Å². The summed E-state index contributed by atoms with van der Waals surface area (Å²) in [6.07, 6.45) is 5.33. The number of thiophene rings is 1. The molecule has 3 aromatic heterocycles. The molecule has 0 bridgehead atoms. The van der Waals surface area contributed by atoms with Crippen LogP contribution >= 0.6 is 11.3 Å². The van der Waals surface area contributed by atoms with Crippen LogP contribution in [0.25, 0.3) is 21.3 Å². The molecule has 6 nitrogen and oxygen atoms in total. The number of ether oxygens (including phenoxy) is 1. The van der Waals surface area contributed by atoms with Crippen molar-refractivity contribution >= 4 is 22.1 Å². The number of aromatic nitrogens is 4. The smallest absolute Gasteiger partial charge is 0.274 e. The summed E-state index contributed by atoms with van der Waals surface area (Å²) >= 11 is 1.52. The third-order valence-corrected chi connectivity index (χ3v) is 5.07. The largest absolute Gasteiger partial charge is 0.487 e. The summed E-state index contributed by atoms with van der Waals surface area (Å²) in [6.45, 7) is 1.12. The van der Waals surface area contributed by atoms with E-state index in [2.05, 4.69) is 10.1 Å². The normalized spacial score (nSPS) is 11.1. The summed E-state index contributed by atoms with van der Waals surface area (Å²) in [4.78, 5) is 17.8. The van der Waals surface area contributed by atoms with Crippen molar-refractivity contribution in [3.05, 3.63) is 65.5 Å². The van der Waals surface area contributed by atoms with Gasteiger partial charge in [0.05, 0.1) is 30.2 Å². The van der Waals surface area contributed by atoms with Gasteiger partial charge in [-0.15, -0.1) is 0 Å². The van der Waals surface area contributed by atoms with E-state index in [0.29, 0.717) is 18.5 Å². The van der Waals surface area contributed by atoms with Crippen molar-refractivity contribution in [1.29, 1.82) is 0 Å². The van der Waals surface area contributed by atoms with E-state index in [0.717, 1.165) is 21.0 Å². The van der Waals surface area contributed by atoms with E-state index in [1.165, 1.54) is 16.0 Å². The molecular formula is C18H16N4O2S. The molecule has 4 aromatic rings. The molecule has 1 aromatic carbocycles. The van der Waals surface area contributed by atoms with Gasteiger partial charge < -0.3 is 9.30 Å². The summed E-state index contributed by atoms with van der Waals surface area (Å²) in [5, 5.41) is 6.99.